The fraction of sp³-hybridized carbons (Fsp3) is 0. The summed E-state index contributed by atoms with van der Waals surface area (Å²) in [5.74, 6) is 0.605. The van der Waals surface area contributed by atoms with E-state index < -0.39 is 0 Å². The molecule has 3 rings (SSSR count). The van der Waals surface area contributed by atoms with Crippen LogP contribution in [-0.2, 0) is 0 Å². The third-order valence-electron chi connectivity index (χ3n) is 2.34. The molecule has 0 fully saturated rings. The first kappa shape index (κ1) is 8.97. The highest BCUT2D eigenvalue weighted by Crippen LogP contribution is 2.16. The van der Waals surface area contributed by atoms with Crippen molar-refractivity contribution in [1.29, 1.82) is 0 Å². The number of benzene rings is 1. The second-order valence-electron chi connectivity index (χ2n) is 3.40. The van der Waals surface area contributed by atoms with Gasteiger partial charge in [-0.2, -0.15) is 0 Å². The van der Waals surface area contributed by atoms with Gasteiger partial charge in [0.2, 0.25) is 0 Å². The zero-order valence-electron chi connectivity index (χ0n) is 8.46. The minimum Gasteiger partial charge on any atom is -0.244 e. The molecule has 16 heavy (non-hydrogen) atoms. The molecule has 0 N–H and O–H groups in total. The Kier molecular flexibility index (Phi) is 2.07. The van der Waals surface area contributed by atoms with Crippen LogP contribution in [0.4, 0.5) is 0 Å². The zero-order valence-corrected chi connectivity index (χ0v) is 8.46. The van der Waals surface area contributed by atoms with Crippen molar-refractivity contribution in [2.45, 2.75) is 0 Å². The van der Waals surface area contributed by atoms with Crippen LogP contribution in [0.3, 0.4) is 0 Å². The highest BCUT2D eigenvalue weighted by Gasteiger charge is 2.02. The van der Waals surface area contributed by atoms with Crippen LogP contribution in [0.15, 0.2) is 48.7 Å². The highest BCUT2D eigenvalue weighted by molar-refractivity contribution is 5.80. The summed E-state index contributed by atoms with van der Waals surface area (Å²) in [6, 6.07) is 13.6. The van der Waals surface area contributed by atoms with E-state index >= 15 is 0 Å². The van der Waals surface area contributed by atoms with E-state index in [1.165, 1.54) is 0 Å². The summed E-state index contributed by atoms with van der Waals surface area (Å²) in [5, 5.41) is 1.12. The van der Waals surface area contributed by atoms with Gasteiger partial charge in [-0.05, 0) is 18.2 Å². The molecule has 1 aromatic carbocycles. The summed E-state index contributed by atoms with van der Waals surface area (Å²) in [4.78, 5) is 12.7. The van der Waals surface area contributed by atoms with Gasteiger partial charge in [0, 0.05) is 11.6 Å². The van der Waals surface area contributed by atoms with Gasteiger partial charge >= 0.3 is 0 Å². The first-order valence-electron chi connectivity index (χ1n) is 4.99. The lowest BCUT2D eigenvalue weighted by Gasteiger charge is -2.00. The normalized spacial score (nSPS) is 10.5. The molecule has 75 valence electrons. The molecule has 0 atom stereocenters. The van der Waals surface area contributed by atoms with Gasteiger partial charge in [-0.3, -0.25) is 0 Å². The molecule has 0 spiro atoms. The number of fused-ring (bicyclic) bond motifs is 1. The summed E-state index contributed by atoms with van der Waals surface area (Å²) in [6.07, 6.45) is 4.42. The Morgan fingerprint density at radius 3 is 2.81 bits per heavy atom. The monoisotopic (exact) mass is 206 g/mol. The first-order valence-corrected chi connectivity index (χ1v) is 4.99. The number of nitrogens with zero attached hydrogens (tertiary/aromatic N) is 3. The molecule has 3 aromatic rings. The molecule has 3 nitrogen and oxygen atoms in total. The number of aromatic nitrogens is 3. The third kappa shape index (κ3) is 1.52. The molecule has 0 unspecified atom stereocenters. The maximum Gasteiger partial charge on any atom is 0.178 e. The highest BCUT2D eigenvalue weighted by atomic mass is 14.9. The Morgan fingerprint density at radius 1 is 1.00 bits per heavy atom. The predicted octanol–water partition coefficient (Wildman–Crippen LogP) is 2.49. The number of pyridine rings is 1. The fourth-order valence-electron chi connectivity index (χ4n) is 1.58. The van der Waals surface area contributed by atoms with Crippen molar-refractivity contribution in [1.82, 2.24) is 15.0 Å². The molecule has 1 radical (unpaired) electrons. The molecule has 0 saturated heterocycles. The average molecular weight is 206 g/mol. The number of para-hydroxylation sites is 1. The van der Waals surface area contributed by atoms with Gasteiger partial charge in [-0.15, -0.1) is 0 Å². The largest absolute Gasteiger partial charge is 0.244 e. The number of hydrogen-bond donors (Lipinski definition) is 0. The molecule has 0 bridgehead atoms. The Hall–Kier alpha value is -2.29. The first-order chi connectivity index (χ1) is 7.93. The molecular weight excluding hydrogens is 198 g/mol. The van der Waals surface area contributed by atoms with E-state index in [0.29, 0.717) is 5.82 Å². The van der Waals surface area contributed by atoms with E-state index in [9.17, 15) is 0 Å². The molecule has 0 amide bonds. The lowest BCUT2D eigenvalue weighted by atomic mass is 10.2. The Balaban J connectivity index is 2.19. The third-order valence-corrected chi connectivity index (χ3v) is 2.34. The SMILES string of the molecule is [c]1ccnc(-c2ccc3ccccc3n2)n1. The van der Waals surface area contributed by atoms with Crippen LogP contribution in [0.1, 0.15) is 0 Å². The second kappa shape index (κ2) is 3.70. The van der Waals surface area contributed by atoms with Crippen LogP contribution < -0.4 is 0 Å². The summed E-state index contributed by atoms with van der Waals surface area (Å²) in [6.45, 7) is 0. The topological polar surface area (TPSA) is 38.7 Å². The second-order valence-corrected chi connectivity index (χ2v) is 3.40. The smallest absolute Gasteiger partial charge is 0.178 e. The summed E-state index contributed by atoms with van der Waals surface area (Å²) >= 11 is 0. The number of hydrogen-bond acceptors (Lipinski definition) is 3. The van der Waals surface area contributed by atoms with Crippen molar-refractivity contribution in [2.24, 2.45) is 0 Å². The quantitative estimate of drug-likeness (QED) is 0.614. The van der Waals surface area contributed by atoms with Crippen molar-refractivity contribution >= 4 is 10.9 Å². The van der Waals surface area contributed by atoms with Gasteiger partial charge in [0.1, 0.15) is 5.69 Å². The van der Waals surface area contributed by atoms with Crippen LogP contribution in [0, 0.1) is 6.20 Å². The fourth-order valence-corrected chi connectivity index (χ4v) is 1.58. The molecular formula is C13H8N3. The van der Waals surface area contributed by atoms with Crippen molar-refractivity contribution in [3.8, 4) is 11.5 Å². The Bertz CT molecular complexity index is 620. The Morgan fingerprint density at radius 2 is 1.94 bits per heavy atom. The van der Waals surface area contributed by atoms with Crippen molar-refractivity contribution in [3.05, 3.63) is 54.9 Å². The van der Waals surface area contributed by atoms with Crippen LogP contribution in [0.2, 0.25) is 0 Å². The lowest BCUT2D eigenvalue weighted by molar-refractivity contribution is 1.14. The van der Waals surface area contributed by atoms with Crippen LogP contribution >= 0.6 is 0 Å². The average Bonchev–Trinajstić information content (AvgIpc) is 2.39. The molecule has 0 aliphatic rings. The molecule has 0 aliphatic heterocycles. The van der Waals surface area contributed by atoms with Crippen LogP contribution in [-0.4, -0.2) is 15.0 Å². The number of rotatable bonds is 1. The van der Waals surface area contributed by atoms with Crippen molar-refractivity contribution in [3.63, 3.8) is 0 Å². The predicted molar refractivity (Wildman–Crippen MR) is 61.6 cm³/mol. The zero-order chi connectivity index (χ0) is 10.8. The maximum absolute atomic E-state index is 4.50. The lowest BCUT2D eigenvalue weighted by Crippen LogP contribution is -1.90. The maximum atomic E-state index is 4.50. The van der Waals surface area contributed by atoms with Crippen LogP contribution in [0.5, 0.6) is 0 Å². The Labute approximate surface area is 92.8 Å². The molecule has 0 saturated carbocycles. The van der Waals surface area contributed by atoms with Gasteiger partial charge in [-0.25, -0.2) is 15.0 Å². The summed E-state index contributed by atoms with van der Waals surface area (Å²) < 4.78 is 0. The minimum atomic E-state index is 0.605. The van der Waals surface area contributed by atoms with Gasteiger partial charge in [0.05, 0.1) is 11.7 Å². The van der Waals surface area contributed by atoms with E-state index in [0.717, 1.165) is 16.6 Å². The van der Waals surface area contributed by atoms with E-state index in [-0.39, 0.29) is 0 Å². The minimum absolute atomic E-state index is 0.605. The van der Waals surface area contributed by atoms with Gasteiger partial charge in [0.25, 0.3) is 0 Å². The molecule has 3 heteroatoms. The van der Waals surface area contributed by atoms with E-state index in [4.69, 9.17) is 0 Å². The van der Waals surface area contributed by atoms with E-state index in [2.05, 4.69) is 21.1 Å². The summed E-state index contributed by atoms with van der Waals surface area (Å²) in [7, 11) is 0. The molecule has 2 aromatic heterocycles. The van der Waals surface area contributed by atoms with Gasteiger partial charge in [-0.1, -0.05) is 24.3 Å². The molecule has 2 heterocycles. The van der Waals surface area contributed by atoms with Gasteiger partial charge < -0.3 is 0 Å². The van der Waals surface area contributed by atoms with Gasteiger partial charge in [0.15, 0.2) is 5.82 Å². The van der Waals surface area contributed by atoms with Crippen molar-refractivity contribution < 1.29 is 0 Å². The van der Waals surface area contributed by atoms with Crippen LogP contribution in [0.25, 0.3) is 22.4 Å². The van der Waals surface area contributed by atoms with E-state index in [1.54, 1.807) is 12.3 Å². The van der Waals surface area contributed by atoms with E-state index in [1.807, 2.05) is 36.4 Å². The standard InChI is InChI=1S/C13H8N3/c1-2-5-11-10(4-1)6-7-12(16-11)13-14-8-3-9-15-13/h1-8H. The summed E-state index contributed by atoms with van der Waals surface area (Å²) in [5.41, 5.74) is 1.73. The molecule has 0 aliphatic carbocycles. The van der Waals surface area contributed by atoms with Crippen molar-refractivity contribution in [2.75, 3.05) is 0 Å².